The largest absolute Gasteiger partial charge is 0.465 e. The van der Waals surface area contributed by atoms with Crippen molar-refractivity contribution in [1.29, 1.82) is 0 Å². The summed E-state index contributed by atoms with van der Waals surface area (Å²) in [5.41, 5.74) is 6.56. The summed E-state index contributed by atoms with van der Waals surface area (Å²) in [6.07, 6.45) is 0.615. The number of esters is 2. The van der Waals surface area contributed by atoms with Crippen LogP contribution in [0.5, 0.6) is 0 Å². The van der Waals surface area contributed by atoms with Gasteiger partial charge in [-0.25, -0.2) is 9.59 Å². The number of aromatic nitrogens is 1. The molecule has 0 fully saturated rings. The molecule has 0 N–H and O–H groups in total. The first kappa shape index (κ1) is 23.1. The van der Waals surface area contributed by atoms with Gasteiger partial charge in [-0.15, -0.1) is 0 Å². The Kier molecular flexibility index (Phi) is 6.93. The maximum Gasteiger partial charge on any atom is 0.340 e. The highest BCUT2D eigenvalue weighted by Crippen LogP contribution is 2.37. The number of carbonyl (C=O) groups excluding carboxylic acids is 2. The maximum atomic E-state index is 13.2. The smallest absolute Gasteiger partial charge is 0.340 e. The Bertz CT molecular complexity index is 1290. The average molecular weight is 454 g/mol. The van der Waals surface area contributed by atoms with Gasteiger partial charge in [0.15, 0.2) is 0 Å². The van der Waals surface area contributed by atoms with Crippen LogP contribution in [0.3, 0.4) is 0 Å². The van der Waals surface area contributed by atoms with E-state index in [9.17, 15) is 9.59 Å². The first-order valence-corrected chi connectivity index (χ1v) is 11.2. The Morgan fingerprint density at radius 3 is 2.03 bits per heavy atom. The van der Waals surface area contributed by atoms with Crippen LogP contribution in [-0.4, -0.2) is 30.2 Å². The molecule has 4 aromatic rings. The standard InChI is InChI=1S/C29H27NO4/c1-4-34-29(32)26-20(2)30(24-17-15-23(16-18-24)28(31)33-3)25(19-21-11-7-5-8-12-21)27(26)22-13-9-6-10-14-22/h5-18H,4,19H2,1-3H3. The van der Waals surface area contributed by atoms with Gasteiger partial charge in [0.1, 0.15) is 0 Å². The molecule has 0 amide bonds. The van der Waals surface area contributed by atoms with E-state index >= 15 is 0 Å². The molecule has 1 aromatic heterocycles. The lowest BCUT2D eigenvalue weighted by molar-refractivity contribution is 0.0525. The summed E-state index contributed by atoms with van der Waals surface area (Å²) in [5.74, 6) is -0.740. The van der Waals surface area contributed by atoms with Crippen LogP contribution in [0.2, 0.25) is 0 Å². The summed E-state index contributed by atoms with van der Waals surface area (Å²) in [7, 11) is 1.36. The fraction of sp³-hybridized carbons (Fsp3) is 0.172. The third-order valence-electron chi connectivity index (χ3n) is 5.81. The van der Waals surface area contributed by atoms with Gasteiger partial charge >= 0.3 is 11.9 Å². The highest BCUT2D eigenvalue weighted by atomic mass is 16.5. The zero-order valence-corrected chi connectivity index (χ0v) is 19.6. The fourth-order valence-electron chi connectivity index (χ4n) is 4.29. The fourth-order valence-corrected chi connectivity index (χ4v) is 4.29. The molecule has 0 aliphatic carbocycles. The van der Waals surface area contributed by atoms with Crippen molar-refractivity contribution in [3.05, 3.63) is 113 Å². The number of methoxy groups -OCH3 is 1. The summed E-state index contributed by atoms with van der Waals surface area (Å²) in [6.45, 7) is 4.03. The van der Waals surface area contributed by atoms with E-state index in [-0.39, 0.29) is 5.97 Å². The molecule has 34 heavy (non-hydrogen) atoms. The molecule has 1 heterocycles. The Morgan fingerprint density at radius 1 is 0.824 bits per heavy atom. The highest BCUT2D eigenvalue weighted by molar-refractivity contribution is 6.00. The summed E-state index contributed by atoms with van der Waals surface area (Å²) in [4.78, 5) is 25.1. The van der Waals surface area contributed by atoms with Crippen LogP contribution in [0.15, 0.2) is 84.9 Å². The SMILES string of the molecule is CCOC(=O)c1c(-c2ccccc2)c(Cc2ccccc2)n(-c2ccc(C(=O)OC)cc2)c1C. The van der Waals surface area contributed by atoms with E-state index in [1.165, 1.54) is 7.11 Å². The predicted octanol–water partition coefficient (Wildman–Crippen LogP) is 6.01. The second kappa shape index (κ2) is 10.2. The number of hydrogen-bond acceptors (Lipinski definition) is 4. The number of benzene rings is 3. The Hall–Kier alpha value is -4.12. The molecule has 0 unspecified atom stereocenters. The first-order chi connectivity index (χ1) is 16.5. The molecule has 0 saturated heterocycles. The van der Waals surface area contributed by atoms with Crippen molar-refractivity contribution in [2.45, 2.75) is 20.3 Å². The zero-order valence-electron chi connectivity index (χ0n) is 19.6. The van der Waals surface area contributed by atoms with Crippen LogP contribution in [0.1, 0.15) is 44.6 Å². The molecule has 172 valence electrons. The summed E-state index contributed by atoms with van der Waals surface area (Å²) < 4.78 is 12.4. The third kappa shape index (κ3) is 4.50. The average Bonchev–Trinajstić information content (AvgIpc) is 3.16. The van der Waals surface area contributed by atoms with Crippen LogP contribution in [0, 0.1) is 6.92 Å². The number of carbonyl (C=O) groups is 2. The molecule has 0 bridgehead atoms. The lowest BCUT2D eigenvalue weighted by Gasteiger charge is -2.14. The molecule has 3 aromatic carbocycles. The van der Waals surface area contributed by atoms with Crippen LogP contribution in [0.4, 0.5) is 0 Å². The minimum Gasteiger partial charge on any atom is -0.465 e. The van der Waals surface area contributed by atoms with Crippen molar-refractivity contribution >= 4 is 11.9 Å². The van der Waals surface area contributed by atoms with E-state index in [1.807, 2.05) is 74.5 Å². The van der Waals surface area contributed by atoms with Gasteiger partial charge in [-0.1, -0.05) is 60.7 Å². The molecule has 5 nitrogen and oxygen atoms in total. The second-order valence-electron chi connectivity index (χ2n) is 7.90. The molecule has 4 rings (SSSR count). The van der Waals surface area contributed by atoms with Crippen LogP contribution >= 0.6 is 0 Å². The summed E-state index contributed by atoms with van der Waals surface area (Å²) >= 11 is 0. The summed E-state index contributed by atoms with van der Waals surface area (Å²) in [6, 6.07) is 27.3. The monoisotopic (exact) mass is 453 g/mol. The number of hydrogen-bond donors (Lipinski definition) is 0. The van der Waals surface area contributed by atoms with Crippen molar-refractivity contribution in [3.63, 3.8) is 0 Å². The Morgan fingerprint density at radius 2 is 1.44 bits per heavy atom. The number of nitrogens with zero attached hydrogens (tertiary/aromatic N) is 1. The van der Waals surface area contributed by atoms with Crippen LogP contribution in [-0.2, 0) is 15.9 Å². The van der Waals surface area contributed by atoms with Gasteiger partial charge in [0.05, 0.1) is 24.8 Å². The third-order valence-corrected chi connectivity index (χ3v) is 5.81. The van der Waals surface area contributed by atoms with E-state index in [4.69, 9.17) is 9.47 Å². The Labute approximate surface area is 199 Å². The van der Waals surface area contributed by atoms with Crippen molar-refractivity contribution in [3.8, 4) is 16.8 Å². The van der Waals surface area contributed by atoms with Gasteiger partial charge in [-0.05, 0) is 49.2 Å². The van der Waals surface area contributed by atoms with E-state index < -0.39 is 5.97 Å². The molecule has 0 saturated carbocycles. The minimum atomic E-state index is -0.391. The second-order valence-corrected chi connectivity index (χ2v) is 7.90. The predicted molar refractivity (Wildman–Crippen MR) is 132 cm³/mol. The molecular formula is C29H27NO4. The zero-order chi connectivity index (χ0) is 24.1. The van der Waals surface area contributed by atoms with Crippen molar-refractivity contribution in [2.24, 2.45) is 0 Å². The molecule has 0 aliphatic heterocycles. The van der Waals surface area contributed by atoms with Gasteiger partial charge in [-0.2, -0.15) is 0 Å². The lowest BCUT2D eigenvalue weighted by Crippen LogP contribution is -2.08. The minimum absolute atomic E-state index is 0.291. The van der Waals surface area contributed by atoms with Gasteiger partial charge in [-0.3, -0.25) is 0 Å². The number of rotatable bonds is 7. The lowest BCUT2D eigenvalue weighted by atomic mass is 9.97. The normalized spacial score (nSPS) is 10.7. The highest BCUT2D eigenvalue weighted by Gasteiger charge is 2.28. The Balaban J connectivity index is 1.99. The molecular weight excluding hydrogens is 426 g/mol. The molecule has 0 aliphatic rings. The van der Waals surface area contributed by atoms with Crippen molar-refractivity contribution in [2.75, 3.05) is 13.7 Å². The van der Waals surface area contributed by atoms with Crippen LogP contribution < -0.4 is 0 Å². The topological polar surface area (TPSA) is 57.5 Å². The van der Waals surface area contributed by atoms with E-state index in [0.717, 1.165) is 33.8 Å². The first-order valence-electron chi connectivity index (χ1n) is 11.2. The molecule has 5 heteroatoms. The van der Waals surface area contributed by atoms with Crippen LogP contribution in [0.25, 0.3) is 16.8 Å². The van der Waals surface area contributed by atoms with Gasteiger partial charge < -0.3 is 14.0 Å². The van der Waals surface area contributed by atoms with Gasteiger partial charge in [0, 0.05) is 29.1 Å². The van der Waals surface area contributed by atoms with Gasteiger partial charge in [0.25, 0.3) is 0 Å². The van der Waals surface area contributed by atoms with Crippen molar-refractivity contribution in [1.82, 2.24) is 4.57 Å². The van der Waals surface area contributed by atoms with Crippen molar-refractivity contribution < 1.29 is 19.1 Å². The van der Waals surface area contributed by atoms with E-state index in [2.05, 4.69) is 16.7 Å². The molecule has 0 spiro atoms. The van der Waals surface area contributed by atoms with E-state index in [0.29, 0.717) is 24.2 Å². The molecule has 0 atom stereocenters. The maximum absolute atomic E-state index is 13.2. The quantitative estimate of drug-likeness (QED) is 0.322. The van der Waals surface area contributed by atoms with E-state index in [1.54, 1.807) is 12.1 Å². The summed E-state index contributed by atoms with van der Waals surface area (Å²) in [5, 5.41) is 0. The van der Waals surface area contributed by atoms with Gasteiger partial charge in [0.2, 0.25) is 0 Å². The number of ether oxygens (including phenoxy) is 2. The molecule has 0 radical (unpaired) electrons.